The van der Waals surface area contributed by atoms with Crippen LogP contribution in [0.3, 0.4) is 0 Å². The van der Waals surface area contributed by atoms with Gasteiger partial charge in [-0.15, -0.1) is 0 Å². The summed E-state index contributed by atoms with van der Waals surface area (Å²) in [7, 11) is 0. The molecule has 0 saturated carbocycles. The maximum atomic E-state index is 12.9. The number of unbranched alkanes of at least 4 members (excludes halogenated alkanes) is 30. The Morgan fingerprint density at radius 3 is 0.827 bits per heavy atom. The van der Waals surface area contributed by atoms with Crippen molar-refractivity contribution in [1.29, 1.82) is 0 Å². The van der Waals surface area contributed by atoms with Crippen LogP contribution in [0.1, 0.15) is 316 Å². The summed E-state index contributed by atoms with van der Waals surface area (Å²) in [5.41, 5.74) is 0. The largest absolute Gasteiger partial charge is 0.462 e. The molecule has 1 unspecified atom stereocenters. The number of ether oxygens (including phenoxy) is 3. The predicted molar refractivity (Wildman–Crippen MR) is 353 cm³/mol. The van der Waals surface area contributed by atoms with Crippen LogP contribution >= 0.6 is 0 Å². The highest BCUT2D eigenvalue weighted by Gasteiger charge is 2.19. The molecule has 0 aromatic heterocycles. The minimum absolute atomic E-state index is 0.107. The van der Waals surface area contributed by atoms with Gasteiger partial charge in [-0.3, -0.25) is 14.4 Å². The number of esters is 3. The Bertz CT molecular complexity index is 1670. The van der Waals surface area contributed by atoms with E-state index in [9.17, 15) is 14.4 Å². The fourth-order valence-electron chi connectivity index (χ4n) is 9.34. The summed E-state index contributed by atoms with van der Waals surface area (Å²) >= 11 is 0. The van der Waals surface area contributed by atoms with E-state index in [2.05, 4.69) is 142 Å². The molecule has 0 rings (SSSR count). The lowest BCUT2D eigenvalue weighted by Gasteiger charge is -2.18. The van der Waals surface area contributed by atoms with E-state index in [0.29, 0.717) is 19.3 Å². The zero-order chi connectivity index (χ0) is 58.5. The molecule has 0 radical (unpaired) electrons. The van der Waals surface area contributed by atoms with Gasteiger partial charge in [0, 0.05) is 19.3 Å². The van der Waals surface area contributed by atoms with Crippen LogP contribution in [0, 0.1) is 0 Å². The molecule has 81 heavy (non-hydrogen) atoms. The van der Waals surface area contributed by atoms with Gasteiger partial charge in [-0.2, -0.15) is 0 Å². The first-order valence-electron chi connectivity index (χ1n) is 34.0. The van der Waals surface area contributed by atoms with Crippen molar-refractivity contribution in [2.45, 2.75) is 322 Å². The molecule has 6 nitrogen and oxygen atoms in total. The first-order chi connectivity index (χ1) is 40.0. The SMILES string of the molecule is CC/C=C\C/C=C\C/C=C\C/C=C\C/C=C\C/C=C\C/C=C\CCCC(=O)OC(COC(=O)CCCCCCC/C=C\C/C=C\CCCCC)COC(=O)CCCCCCCCCCCCCCC/C=C\CCCCCCCCCC. The molecule has 0 amide bonds. The van der Waals surface area contributed by atoms with Crippen molar-refractivity contribution in [3.05, 3.63) is 122 Å². The molecular weight excluding hydrogens is 997 g/mol. The molecule has 0 aliphatic heterocycles. The predicted octanol–water partition coefficient (Wildman–Crippen LogP) is 23.6. The summed E-state index contributed by atoms with van der Waals surface area (Å²) in [6.45, 7) is 6.47. The van der Waals surface area contributed by atoms with Gasteiger partial charge in [-0.25, -0.2) is 0 Å². The average molecular weight is 1120 g/mol. The molecule has 0 aliphatic rings. The van der Waals surface area contributed by atoms with E-state index >= 15 is 0 Å². The summed E-state index contributed by atoms with van der Waals surface area (Å²) in [5.74, 6) is -0.974. The topological polar surface area (TPSA) is 78.9 Å². The number of carbonyl (C=O) groups is 3. The highest BCUT2D eigenvalue weighted by molar-refractivity contribution is 5.71. The van der Waals surface area contributed by atoms with Crippen LogP contribution in [0.15, 0.2) is 122 Å². The normalized spacial score (nSPS) is 12.9. The first-order valence-corrected chi connectivity index (χ1v) is 34.0. The molecule has 0 aliphatic carbocycles. The fraction of sp³-hybridized carbons (Fsp3) is 0.693. The van der Waals surface area contributed by atoms with Crippen LogP contribution in [-0.4, -0.2) is 37.2 Å². The van der Waals surface area contributed by atoms with E-state index in [1.807, 2.05) is 0 Å². The Hall–Kier alpha value is -4.19. The van der Waals surface area contributed by atoms with Gasteiger partial charge in [-0.05, 0) is 128 Å². The highest BCUT2D eigenvalue weighted by Crippen LogP contribution is 2.16. The highest BCUT2D eigenvalue weighted by atomic mass is 16.6. The number of carbonyl (C=O) groups excluding carboxylic acids is 3. The fourth-order valence-corrected chi connectivity index (χ4v) is 9.34. The maximum Gasteiger partial charge on any atom is 0.306 e. The van der Waals surface area contributed by atoms with Crippen molar-refractivity contribution in [3.8, 4) is 0 Å². The van der Waals surface area contributed by atoms with Crippen LogP contribution in [0.5, 0.6) is 0 Å². The number of hydrogen-bond donors (Lipinski definition) is 0. The Labute approximate surface area is 501 Å². The van der Waals surface area contributed by atoms with Crippen molar-refractivity contribution in [1.82, 2.24) is 0 Å². The third kappa shape index (κ3) is 66.5. The third-order valence-corrected chi connectivity index (χ3v) is 14.4. The van der Waals surface area contributed by atoms with Gasteiger partial charge < -0.3 is 14.2 Å². The second-order valence-corrected chi connectivity index (χ2v) is 22.3. The van der Waals surface area contributed by atoms with Gasteiger partial charge in [-0.1, -0.05) is 290 Å². The van der Waals surface area contributed by atoms with E-state index < -0.39 is 6.10 Å². The maximum absolute atomic E-state index is 12.9. The summed E-state index contributed by atoms with van der Waals surface area (Å²) in [6, 6.07) is 0. The van der Waals surface area contributed by atoms with Crippen LogP contribution < -0.4 is 0 Å². The molecule has 0 heterocycles. The van der Waals surface area contributed by atoms with Crippen molar-refractivity contribution in [2.75, 3.05) is 13.2 Å². The van der Waals surface area contributed by atoms with E-state index in [4.69, 9.17) is 14.2 Å². The molecule has 0 spiro atoms. The Balaban J connectivity index is 4.44. The van der Waals surface area contributed by atoms with Crippen LogP contribution in [0.25, 0.3) is 0 Å². The molecule has 0 aromatic carbocycles. The smallest absolute Gasteiger partial charge is 0.306 e. The Morgan fingerprint density at radius 1 is 0.259 bits per heavy atom. The molecule has 0 fully saturated rings. The number of allylic oxidation sites excluding steroid dienone is 20. The summed E-state index contributed by atoms with van der Waals surface area (Å²) < 4.78 is 16.9. The van der Waals surface area contributed by atoms with Gasteiger partial charge in [0.1, 0.15) is 13.2 Å². The van der Waals surface area contributed by atoms with Crippen molar-refractivity contribution >= 4 is 17.9 Å². The van der Waals surface area contributed by atoms with Crippen molar-refractivity contribution < 1.29 is 28.6 Å². The molecule has 462 valence electrons. The quantitative estimate of drug-likeness (QED) is 0.0261. The minimum atomic E-state index is -0.819. The van der Waals surface area contributed by atoms with E-state index in [-0.39, 0.29) is 37.5 Å². The minimum Gasteiger partial charge on any atom is -0.462 e. The standard InChI is InChI=1S/C75H126O6/c1-4-7-10-13-16-19-22-25-28-30-32-34-36-37-39-40-42-44-47-50-53-56-59-62-65-68-74(77)80-71-72(70-79-73(76)67-64-61-58-55-52-49-46-27-24-21-18-15-12-9-6-3)81-75(78)69-66-63-60-57-54-51-48-45-43-41-38-35-33-31-29-26-23-20-17-14-11-8-5-2/h8,11,17-18,20-21,26-27,29-30,32-33,35,41,43,46,48,51,57,60,72H,4-7,9-10,12-16,19,22-25,28,31,34,36-40,42,44-45,47,49-50,52-56,58-59,61-71H2,1-3H3/b11-8-,20-17-,21-18-,29-26-,32-30-,35-33-,43-41-,46-27-,51-48-,60-57-. The van der Waals surface area contributed by atoms with E-state index in [0.717, 1.165) is 116 Å². The Morgan fingerprint density at radius 2 is 0.494 bits per heavy atom. The molecule has 6 heteroatoms. The van der Waals surface area contributed by atoms with E-state index in [1.165, 1.54) is 154 Å². The summed E-state index contributed by atoms with van der Waals surface area (Å²) in [5, 5.41) is 0. The van der Waals surface area contributed by atoms with Gasteiger partial charge in [0.05, 0.1) is 0 Å². The lowest BCUT2D eigenvalue weighted by atomic mass is 10.0. The molecule has 0 aromatic rings. The molecule has 0 N–H and O–H groups in total. The van der Waals surface area contributed by atoms with Crippen LogP contribution in [-0.2, 0) is 28.6 Å². The zero-order valence-corrected chi connectivity index (χ0v) is 53.0. The van der Waals surface area contributed by atoms with Crippen LogP contribution in [0.2, 0.25) is 0 Å². The molecular formula is C75H126O6. The summed E-state index contributed by atoms with van der Waals surface area (Å²) in [6.07, 6.45) is 95.1. The van der Waals surface area contributed by atoms with Crippen molar-refractivity contribution in [2.24, 2.45) is 0 Å². The molecule has 0 bridgehead atoms. The molecule has 0 saturated heterocycles. The third-order valence-electron chi connectivity index (χ3n) is 14.4. The van der Waals surface area contributed by atoms with Gasteiger partial charge in [0.2, 0.25) is 0 Å². The second kappa shape index (κ2) is 68.3. The summed E-state index contributed by atoms with van der Waals surface area (Å²) in [4.78, 5) is 38.4. The average Bonchev–Trinajstić information content (AvgIpc) is 3.47. The number of hydrogen-bond acceptors (Lipinski definition) is 6. The number of rotatable bonds is 61. The van der Waals surface area contributed by atoms with Gasteiger partial charge in [0.15, 0.2) is 6.10 Å². The van der Waals surface area contributed by atoms with Gasteiger partial charge in [0.25, 0.3) is 0 Å². The monoisotopic (exact) mass is 1120 g/mol. The van der Waals surface area contributed by atoms with E-state index in [1.54, 1.807) is 0 Å². The molecule has 1 atom stereocenters. The second-order valence-electron chi connectivity index (χ2n) is 22.3. The van der Waals surface area contributed by atoms with Crippen LogP contribution in [0.4, 0.5) is 0 Å². The lowest BCUT2D eigenvalue weighted by molar-refractivity contribution is -0.167. The zero-order valence-electron chi connectivity index (χ0n) is 53.0. The lowest BCUT2D eigenvalue weighted by Crippen LogP contribution is -2.30. The van der Waals surface area contributed by atoms with Crippen molar-refractivity contribution in [3.63, 3.8) is 0 Å². The van der Waals surface area contributed by atoms with Gasteiger partial charge >= 0.3 is 17.9 Å². The Kier molecular flexibility index (Phi) is 64.8. The first kappa shape index (κ1) is 76.8.